The molecule has 1 heterocycles. The third-order valence-corrected chi connectivity index (χ3v) is 3.08. The van der Waals surface area contributed by atoms with E-state index < -0.39 is 0 Å². The zero-order valence-corrected chi connectivity index (χ0v) is 11.3. The van der Waals surface area contributed by atoms with E-state index in [-0.39, 0.29) is 5.78 Å². The number of ketones is 1. The number of carbonyl (C=O) groups excluding carboxylic acids is 1. The van der Waals surface area contributed by atoms with E-state index in [0.717, 1.165) is 24.3 Å². The van der Waals surface area contributed by atoms with Crippen molar-refractivity contribution in [3.8, 4) is 5.75 Å². The van der Waals surface area contributed by atoms with Gasteiger partial charge in [-0.25, -0.2) is 0 Å². The number of rotatable bonds is 6. The van der Waals surface area contributed by atoms with Crippen molar-refractivity contribution in [3.63, 3.8) is 0 Å². The summed E-state index contributed by atoms with van der Waals surface area (Å²) in [7, 11) is 1.64. The van der Waals surface area contributed by atoms with E-state index in [2.05, 4.69) is 5.10 Å². The van der Waals surface area contributed by atoms with Crippen LogP contribution in [0.3, 0.4) is 0 Å². The van der Waals surface area contributed by atoms with E-state index in [9.17, 15) is 4.79 Å². The topological polar surface area (TPSA) is 44.1 Å². The number of nitrogens with zero attached hydrogens (tertiary/aromatic N) is 2. The molecule has 0 unspecified atom stereocenters. The fourth-order valence-electron chi connectivity index (χ4n) is 1.87. The van der Waals surface area contributed by atoms with Crippen LogP contribution in [0, 0.1) is 0 Å². The van der Waals surface area contributed by atoms with Crippen LogP contribution >= 0.6 is 0 Å². The minimum absolute atomic E-state index is 0.135. The second-order valence-electron chi connectivity index (χ2n) is 4.36. The van der Waals surface area contributed by atoms with E-state index in [4.69, 9.17) is 4.74 Å². The van der Waals surface area contributed by atoms with Gasteiger partial charge in [0, 0.05) is 19.2 Å². The highest BCUT2D eigenvalue weighted by molar-refractivity contribution is 5.95. The first-order chi connectivity index (χ1) is 9.22. The molecule has 100 valence electrons. The first kappa shape index (κ1) is 13.3. The van der Waals surface area contributed by atoms with Gasteiger partial charge in [-0.1, -0.05) is 12.1 Å². The molecule has 0 atom stereocenters. The highest BCUT2D eigenvalue weighted by Crippen LogP contribution is 2.13. The predicted molar refractivity (Wildman–Crippen MR) is 73.5 cm³/mol. The molecule has 0 aliphatic heterocycles. The first-order valence-corrected chi connectivity index (χ1v) is 6.41. The van der Waals surface area contributed by atoms with Crippen LogP contribution in [0.4, 0.5) is 0 Å². The van der Waals surface area contributed by atoms with Gasteiger partial charge in [-0.2, -0.15) is 5.10 Å². The average molecular weight is 258 g/mol. The molecule has 4 heteroatoms. The van der Waals surface area contributed by atoms with Crippen LogP contribution in [-0.2, 0) is 13.0 Å². The highest BCUT2D eigenvalue weighted by Gasteiger charge is 2.08. The maximum atomic E-state index is 12.0. The highest BCUT2D eigenvalue weighted by atomic mass is 16.5. The average Bonchev–Trinajstić information content (AvgIpc) is 2.94. The third-order valence-electron chi connectivity index (χ3n) is 3.08. The molecule has 0 saturated heterocycles. The van der Waals surface area contributed by atoms with E-state index >= 15 is 0 Å². The Morgan fingerprint density at radius 3 is 2.63 bits per heavy atom. The number of Topliss-reactive ketones (excluding diaryl/α,β-unsaturated/α-hetero) is 1. The van der Waals surface area contributed by atoms with Crippen LogP contribution in [-0.4, -0.2) is 22.7 Å². The predicted octanol–water partition coefficient (Wildman–Crippen LogP) is 2.73. The summed E-state index contributed by atoms with van der Waals surface area (Å²) in [6, 6.07) is 7.80. The standard InChI is InChI=1S/C15H18N2O2/c1-3-17-11-13(10-16-17)15(18)9-6-12-4-7-14(19-2)8-5-12/h4-5,7-8,10-11H,3,6,9H2,1-2H3. The lowest BCUT2D eigenvalue weighted by Gasteiger charge is -2.02. The lowest BCUT2D eigenvalue weighted by atomic mass is 10.1. The Morgan fingerprint density at radius 1 is 1.32 bits per heavy atom. The van der Waals surface area contributed by atoms with Crippen molar-refractivity contribution in [2.24, 2.45) is 0 Å². The summed E-state index contributed by atoms with van der Waals surface area (Å²) in [6.07, 6.45) is 4.68. The van der Waals surface area contributed by atoms with Gasteiger partial charge >= 0.3 is 0 Å². The Kier molecular flexibility index (Phi) is 4.34. The number of benzene rings is 1. The Balaban J connectivity index is 1.92. The second kappa shape index (κ2) is 6.18. The monoisotopic (exact) mass is 258 g/mol. The zero-order chi connectivity index (χ0) is 13.7. The fourth-order valence-corrected chi connectivity index (χ4v) is 1.87. The van der Waals surface area contributed by atoms with Gasteiger partial charge in [0.25, 0.3) is 0 Å². The van der Waals surface area contributed by atoms with Crippen LogP contribution in [0.25, 0.3) is 0 Å². The van der Waals surface area contributed by atoms with Gasteiger partial charge in [0.15, 0.2) is 5.78 Å². The maximum absolute atomic E-state index is 12.0. The van der Waals surface area contributed by atoms with E-state index in [1.54, 1.807) is 24.2 Å². The Labute approximate surface area is 113 Å². The van der Waals surface area contributed by atoms with Gasteiger partial charge < -0.3 is 4.74 Å². The van der Waals surface area contributed by atoms with Crippen LogP contribution in [0.2, 0.25) is 0 Å². The second-order valence-corrected chi connectivity index (χ2v) is 4.36. The summed E-state index contributed by atoms with van der Waals surface area (Å²) >= 11 is 0. The number of aryl methyl sites for hydroxylation is 2. The van der Waals surface area contributed by atoms with Crippen molar-refractivity contribution in [2.75, 3.05) is 7.11 Å². The molecule has 1 aromatic heterocycles. The summed E-state index contributed by atoms with van der Waals surface area (Å²) < 4.78 is 6.87. The number of hydrogen-bond acceptors (Lipinski definition) is 3. The molecular formula is C15H18N2O2. The van der Waals surface area contributed by atoms with Crippen molar-refractivity contribution in [1.29, 1.82) is 0 Å². The van der Waals surface area contributed by atoms with Gasteiger partial charge in [-0.15, -0.1) is 0 Å². The van der Waals surface area contributed by atoms with Crippen molar-refractivity contribution >= 4 is 5.78 Å². The minimum atomic E-state index is 0.135. The van der Waals surface area contributed by atoms with Crippen LogP contribution in [0.15, 0.2) is 36.7 Å². The normalized spacial score (nSPS) is 10.4. The lowest BCUT2D eigenvalue weighted by molar-refractivity contribution is 0.0983. The number of hydrogen-bond donors (Lipinski definition) is 0. The Bertz CT molecular complexity index is 544. The summed E-state index contributed by atoms with van der Waals surface area (Å²) in [4.78, 5) is 12.0. The van der Waals surface area contributed by atoms with Gasteiger partial charge in [0.1, 0.15) is 5.75 Å². The molecular weight excluding hydrogens is 240 g/mol. The number of methoxy groups -OCH3 is 1. The Hall–Kier alpha value is -2.10. The molecule has 2 aromatic rings. The number of aromatic nitrogens is 2. The molecule has 2 rings (SSSR count). The van der Waals surface area contributed by atoms with Crippen LogP contribution in [0.1, 0.15) is 29.3 Å². The molecule has 0 N–H and O–H groups in total. The molecule has 1 aromatic carbocycles. The fraction of sp³-hybridized carbons (Fsp3) is 0.333. The van der Waals surface area contributed by atoms with Gasteiger partial charge in [-0.3, -0.25) is 9.48 Å². The summed E-state index contributed by atoms with van der Waals surface area (Å²) in [5, 5.41) is 4.11. The molecule has 19 heavy (non-hydrogen) atoms. The van der Waals surface area contributed by atoms with E-state index in [0.29, 0.717) is 12.0 Å². The van der Waals surface area contributed by atoms with Crippen molar-refractivity contribution in [3.05, 3.63) is 47.8 Å². The Morgan fingerprint density at radius 2 is 2.05 bits per heavy atom. The molecule has 0 bridgehead atoms. The summed E-state index contributed by atoms with van der Waals surface area (Å²) in [5.41, 5.74) is 1.83. The van der Waals surface area contributed by atoms with Crippen LogP contribution in [0.5, 0.6) is 5.75 Å². The third kappa shape index (κ3) is 3.44. The van der Waals surface area contributed by atoms with E-state index in [1.165, 1.54) is 0 Å². The molecule has 0 saturated carbocycles. The summed E-state index contributed by atoms with van der Waals surface area (Å²) in [6.45, 7) is 2.78. The molecule has 0 aliphatic carbocycles. The number of carbonyl (C=O) groups is 1. The maximum Gasteiger partial charge on any atom is 0.166 e. The molecule has 0 fully saturated rings. The molecule has 0 aliphatic rings. The van der Waals surface area contributed by atoms with Gasteiger partial charge in [0.05, 0.1) is 18.9 Å². The summed E-state index contributed by atoms with van der Waals surface area (Å²) in [5.74, 6) is 0.967. The molecule has 0 radical (unpaired) electrons. The van der Waals surface area contributed by atoms with Crippen molar-refractivity contribution in [2.45, 2.75) is 26.3 Å². The molecule has 0 amide bonds. The lowest BCUT2D eigenvalue weighted by Crippen LogP contribution is -2.00. The van der Waals surface area contributed by atoms with E-state index in [1.807, 2.05) is 31.2 Å². The number of ether oxygens (including phenoxy) is 1. The quantitative estimate of drug-likeness (QED) is 0.748. The van der Waals surface area contributed by atoms with Crippen molar-refractivity contribution < 1.29 is 9.53 Å². The van der Waals surface area contributed by atoms with Crippen LogP contribution < -0.4 is 4.74 Å². The first-order valence-electron chi connectivity index (χ1n) is 6.41. The smallest absolute Gasteiger partial charge is 0.166 e. The molecule has 4 nitrogen and oxygen atoms in total. The van der Waals surface area contributed by atoms with Gasteiger partial charge in [-0.05, 0) is 31.0 Å². The zero-order valence-electron chi connectivity index (χ0n) is 11.3. The van der Waals surface area contributed by atoms with Gasteiger partial charge in [0.2, 0.25) is 0 Å². The largest absolute Gasteiger partial charge is 0.497 e. The SMILES string of the molecule is CCn1cc(C(=O)CCc2ccc(OC)cc2)cn1. The minimum Gasteiger partial charge on any atom is -0.497 e. The molecule has 0 spiro atoms. The van der Waals surface area contributed by atoms with Crippen molar-refractivity contribution in [1.82, 2.24) is 9.78 Å².